The molecular weight excluding hydrogens is 429 g/mol. The molecule has 0 spiro atoms. The summed E-state index contributed by atoms with van der Waals surface area (Å²) in [6.45, 7) is 15.4. The molecule has 0 bridgehead atoms. The molecular formula is C18H34IN5O. The van der Waals surface area contributed by atoms with Crippen LogP contribution in [-0.2, 0) is 6.54 Å². The lowest BCUT2D eigenvalue weighted by molar-refractivity contribution is 0.169. The smallest absolute Gasteiger partial charge is 0.194 e. The van der Waals surface area contributed by atoms with Gasteiger partial charge in [-0.3, -0.25) is 9.89 Å². The van der Waals surface area contributed by atoms with Crippen molar-refractivity contribution in [2.24, 2.45) is 10.9 Å². The Morgan fingerprint density at radius 2 is 1.92 bits per heavy atom. The van der Waals surface area contributed by atoms with Crippen molar-refractivity contribution in [2.75, 3.05) is 39.3 Å². The van der Waals surface area contributed by atoms with Crippen molar-refractivity contribution in [1.82, 2.24) is 20.3 Å². The van der Waals surface area contributed by atoms with Crippen molar-refractivity contribution in [3.8, 4) is 0 Å². The van der Waals surface area contributed by atoms with Crippen LogP contribution in [0, 0.1) is 12.8 Å². The molecule has 1 fully saturated rings. The third-order valence-electron chi connectivity index (χ3n) is 4.72. The molecule has 0 aliphatic carbocycles. The van der Waals surface area contributed by atoms with Gasteiger partial charge in [-0.2, -0.15) is 0 Å². The zero-order valence-corrected chi connectivity index (χ0v) is 18.5. The number of rotatable bonds is 7. The van der Waals surface area contributed by atoms with Gasteiger partial charge in [0.1, 0.15) is 5.76 Å². The van der Waals surface area contributed by atoms with E-state index >= 15 is 0 Å². The van der Waals surface area contributed by atoms with Crippen molar-refractivity contribution in [3.63, 3.8) is 0 Å². The van der Waals surface area contributed by atoms with Crippen LogP contribution < -0.4 is 5.32 Å². The van der Waals surface area contributed by atoms with Crippen LogP contribution in [0.15, 0.2) is 15.6 Å². The van der Waals surface area contributed by atoms with E-state index in [1.54, 1.807) is 0 Å². The molecule has 1 aromatic heterocycles. The second-order valence-electron chi connectivity index (χ2n) is 6.57. The van der Waals surface area contributed by atoms with Gasteiger partial charge in [-0.25, -0.2) is 0 Å². The normalized spacial score (nSPS) is 16.2. The van der Waals surface area contributed by atoms with E-state index in [1.165, 1.54) is 12.8 Å². The first-order valence-corrected chi connectivity index (χ1v) is 9.34. The van der Waals surface area contributed by atoms with E-state index in [0.29, 0.717) is 5.92 Å². The van der Waals surface area contributed by atoms with E-state index in [0.717, 1.165) is 63.2 Å². The van der Waals surface area contributed by atoms with Gasteiger partial charge in [0, 0.05) is 51.9 Å². The standard InChI is InChI=1S/C18H33N5O.HI/c1-5-16(6-2)13-20-18(19-7-3)23-10-8-22(9-11-23)14-17-12-15(4)24-21-17;/h12,16H,5-11,13-14H2,1-4H3,(H,19,20);1H. The molecule has 0 atom stereocenters. The fraction of sp³-hybridized carbons (Fsp3) is 0.778. The van der Waals surface area contributed by atoms with Gasteiger partial charge in [-0.15, -0.1) is 24.0 Å². The summed E-state index contributed by atoms with van der Waals surface area (Å²) < 4.78 is 5.16. The molecule has 0 amide bonds. The van der Waals surface area contributed by atoms with E-state index in [4.69, 9.17) is 9.52 Å². The molecule has 6 nitrogen and oxygen atoms in total. The largest absolute Gasteiger partial charge is 0.361 e. The summed E-state index contributed by atoms with van der Waals surface area (Å²) in [5.74, 6) is 2.64. The second kappa shape index (κ2) is 11.7. The number of halogens is 1. The van der Waals surface area contributed by atoms with Crippen LogP contribution in [-0.4, -0.2) is 60.2 Å². The molecule has 0 unspecified atom stereocenters. The molecule has 144 valence electrons. The van der Waals surface area contributed by atoms with E-state index < -0.39 is 0 Å². The van der Waals surface area contributed by atoms with E-state index in [1.807, 2.05) is 13.0 Å². The van der Waals surface area contributed by atoms with Gasteiger partial charge in [-0.1, -0.05) is 31.8 Å². The van der Waals surface area contributed by atoms with E-state index in [2.05, 4.69) is 41.0 Å². The summed E-state index contributed by atoms with van der Waals surface area (Å²) in [4.78, 5) is 9.69. The number of piperazine rings is 1. The topological polar surface area (TPSA) is 56.9 Å². The second-order valence-corrected chi connectivity index (χ2v) is 6.57. The minimum absolute atomic E-state index is 0. The van der Waals surface area contributed by atoms with Crippen molar-refractivity contribution in [1.29, 1.82) is 0 Å². The Balaban J connectivity index is 0.00000312. The lowest BCUT2D eigenvalue weighted by Gasteiger charge is -2.36. The molecule has 2 heterocycles. The number of aryl methyl sites for hydroxylation is 1. The fourth-order valence-corrected chi connectivity index (χ4v) is 3.03. The monoisotopic (exact) mass is 463 g/mol. The summed E-state index contributed by atoms with van der Waals surface area (Å²) in [6.07, 6.45) is 2.40. The lowest BCUT2D eigenvalue weighted by Crippen LogP contribution is -2.52. The van der Waals surface area contributed by atoms with Crippen LogP contribution in [0.2, 0.25) is 0 Å². The summed E-state index contributed by atoms with van der Waals surface area (Å²) in [7, 11) is 0. The minimum atomic E-state index is 0. The van der Waals surface area contributed by atoms with Crippen LogP contribution in [0.4, 0.5) is 0 Å². The maximum absolute atomic E-state index is 5.16. The molecule has 1 aromatic rings. The molecule has 1 saturated heterocycles. The molecule has 0 aromatic carbocycles. The van der Waals surface area contributed by atoms with Crippen LogP contribution in [0.25, 0.3) is 0 Å². The van der Waals surface area contributed by atoms with E-state index in [-0.39, 0.29) is 24.0 Å². The number of nitrogens with one attached hydrogen (secondary N) is 1. The molecule has 2 rings (SSSR count). The minimum Gasteiger partial charge on any atom is -0.361 e. The predicted octanol–water partition coefficient (Wildman–Crippen LogP) is 3.12. The van der Waals surface area contributed by atoms with Gasteiger partial charge >= 0.3 is 0 Å². The number of hydrogen-bond acceptors (Lipinski definition) is 4. The Bertz CT molecular complexity index is 507. The average Bonchev–Trinajstić information content (AvgIpc) is 3.00. The van der Waals surface area contributed by atoms with Gasteiger partial charge in [0.25, 0.3) is 0 Å². The Hall–Kier alpha value is -0.830. The fourth-order valence-electron chi connectivity index (χ4n) is 3.03. The summed E-state index contributed by atoms with van der Waals surface area (Å²) >= 11 is 0. The van der Waals surface area contributed by atoms with Gasteiger partial charge in [0.15, 0.2) is 5.96 Å². The molecule has 7 heteroatoms. The van der Waals surface area contributed by atoms with Crippen LogP contribution >= 0.6 is 24.0 Å². The summed E-state index contributed by atoms with van der Waals surface area (Å²) in [5.41, 5.74) is 1.02. The maximum atomic E-state index is 5.16. The molecule has 25 heavy (non-hydrogen) atoms. The Labute approximate surface area is 169 Å². The first-order valence-electron chi connectivity index (χ1n) is 9.34. The zero-order valence-electron chi connectivity index (χ0n) is 16.1. The van der Waals surface area contributed by atoms with Gasteiger partial charge < -0.3 is 14.7 Å². The highest BCUT2D eigenvalue weighted by Gasteiger charge is 2.20. The third-order valence-corrected chi connectivity index (χ3v) is 4.72. The summed E-state index contributed by atoms with van der Waals surface area (Å²) in [5, 5.41) is 7.55. The van der Waals surface area contributed by atoms with Gasteiger partial charge in [0.2, 0.25) is 0 Å². The first kappa shape index (κ1) is 22.2. The quantitative estimate of drug-likeness (QED) is 0.383. The lowest BCUT2D eigenvalue weighted by atomic mass is 10.0. The van der Waals surface area contributed by atoms with Crippen molar-refractivity contribution >= 4 is 29.9 Å². The SMILES string of the molecule is CCNC(=NCC(CC)CC)N1CCN(Cc2cc(C)on2)CC1.I. The highest BCUT2D eigenvalue weighted by atomic mass is 127. The Kier molecular flexibility index (Phi) is 10.4. The van der Waals surface area contributed by atoms with Gasteiger partial charge in [-0.05, 0) is 19.8 Å². The number of hydrogen-bond donors (Lipinski definition) is 1. The average molecular weight is 463 g/mol. The number of guanidine groups is 1. The molecule has 0 radical (unpaired) electrons. The Morgan fingerprint density at radius 3 is 2.44 bits per heavy atom. The third kappa shape index (κ3) is 7.13. The van der Waals surface area contributed by atoms with Crippen LogP contribution in [0.5, 0.6) is 0 Å². The van der Waals surface area contributed by atoms with Gasteiger partial charge in [0.05, 0.1) is 5.69 Å². The highest BCUT2D eigenvalue weighted by Crippen LogP contribution is 2.11. The Morgan fingerprint density at radius 1 is 1.24 bits per heavy atom. The predicted molar refractivity (Wildman–Crippen MR) is 114 cm³/mol. The zero-order chi connectivity index (χ0) is 17.4. The number of nitrogens with zero attached hydrogens (tertiary/aromatic N) is 4. The molecule has 1 N–H and O–H groups in total. The summed E-state index contributed by atoms with van der Waals surface area (Å²) in [6, 6.07) is 2.02. The van der Waals surface area contributed by atoms with E-state index in [9.17, 15) is 0 Å². The number of aromatic nitrogens is 1. The number of aliphatic imine (C=N–C) groups is 1. The van der Waals surface area contributed by atoms with Crippen LogP contribution in [0.3, 0.4) is 0 Å². The first-order chi connectivity index (χ1) is 11.7. The van der Waals surface area contributed by atoms with Crippen molar-refractivity contribution in [2.45, 2.75) is 47.1 Å². The van der Waals surface area contributed by atoms with Crippen LogP contribution in [0.1, 0.15) is 45.1 Å². The molecule has 0 saturated carbocycles. The molecule has 1 aliphatic heterocycles. The highest BCUT2D eigenvalue weighted by molar-refractivity contribution is 14.0. The maximum Gasteiger partial charge on any atom is 0.194 e. The van der Waals surface area contributed by atoms with Crippen molar-refractivity contribution < 1.29 is 4.52 Å². The molecule has 1 aliphatic rings. The van der Waals surface area contributed by atoms with Crippen molar-refractivity contribution in [3.05, 3.63) is 17.5 Å².